The molecule has 3 N–H and O–H groups in total. The van der Waals surface area contributed by atoms with Gasteiger partial charge in [0, 0.05) is 5.69 Å². The van der Waals surface area contributed by atoms with Gasteiger partial charge in [-0.1, -0.05) is 27.7 Å². The lowest BCUT2D eigenvalue weighted by molar-refractivity contribution is -0.140. The van der Waals surface area contributed by atoms with Crippen molar-refractivity contribution in [1.82, 2.24) is 5.32 Å². The quantitative estimate of drug-likeness (QED) is 0.673. The zero-order valence-electron chi connectivity index (χ0n) is 15.3. The van der Waals surface area contributed by atoms with Gasteiger partial charge in [0.2, 0.25) is 0 Å². The molecule has 0 bridgehead atoms. The first-order valence-corrected chi connectivity index (χ1v) is 8.25. The molecule has 0 saturated heterocycles. The van der Waals surface area contributed by atoms with Crippen LogP contribution >= 0.6 is 0 Å². The highest BCUT2D eigenvalue weighted by Gasteiger charge is 2.30. The second kappa shape index (κ2) is 8.42. The van der Waals surface area contributed by atoms with Crippen LogP contribution in [0.1, 0.15) is 46.1 Å². The largest absolute Gasteiger partial charge is 0.480 e. The standard InChI is InChI=1S/C18H25F3N2O3/c1-11(10-17(2,3)4)9-14(15(24)25)23-16(26)22-13-7-5-12(6-8-13)18(19,20)21/h5-8,11,14H,9-10H2,1-4H3,(H,24,25)(H2,22,23,26)/t11?,14-/m0/s1. The van der Waals surface area contributed by atoms with Gasteiger partial charge < -0.3 is 15.7 Å². The Kier molecular flexibility index (Phi) is 7.06. The summed E-state index contributed by atoms with van der Waals surface area (Å²) in [5, 5.41) is 14.0. The molecule has 0 spiro atoms. The van der Waals surface area contributed by atoms with Gasteiger partial charge in [-0.3, -0.25) is 0 Å². The molecule has 0 aliphatic rings. The Bertz CT molecular complexity index is 622. The summed E-state index contributed by atoms with van der Waals surface area (Å²) < 4.78 is 37.6. The second-order valence-electron chi connectivity index (χ2n) is 7.67. The molecule has 8 heteroatoms. The van der Waals surface area contributed by atoms with Crippen LogP contribution in [0.4, 0.5) is 23.7 Å². The molecule has 0 aromatic heterocycles. The normalized spacial score (nSPS) is 14.4. The van der Waals surface area contributed by atoms with E-state index >= 15 is 0 Å². The van der Waals surface area contributed by atoms with Crippen molar-refractivity contribution >= 4 is 17.7 Å². The van der Waals surface area contributed by atoms with E-state index in [2.05, 4.69) is 10.6 Å². The average molecular weight is 374 g/mol. The van der Waals surface area contributed by atoms with Crippen LogP contribution in [0.2, 0.25) is 0 Å². The number of carboxylic acids is 1. The minimum Gasteiger partial charge on any atom is -0.480 e. The molecule has 2 atom stereocenters. The van der Waals surface area contributed by atoms with Crippen LogP contribution in [0.15, 0.2) is 24.3 Å². The minimum atomic E-state index is -4.46. The fourth-order valence-electron chi connectivity index (χ4n) is 2.82. The van der Waals surface area contributed by atoms with E-state index in [9.17, 15) is 27.9 Å². The van der Waals surface area contributed by atoms with Crippen molar-refractivity contribution in [3.05, 3.63) is 29.8 Å². The summed E-state index contributed by atoms with van der Waals surface area (Å²) in [5.74, 6) is -1.09. The molecule has 0 heterocycles. The smallest absolute Gasteiger partial charge is 0.416 e. The molecule has 1 unspecified atom stereocenters. The van der Waals surface area contributed by atoms with Gasteiger partial charge in [0.25, 0.3) is 0 Å². The van der Waals surface area contributed by atoms with E-state index in [1.165, 1.54) is 0 Å². The number of benzene rings is 1. The van der Waals surface area contributed by atoms with E-state index in [0.29, 0.717) is 0 Å². The zero-order valence-corrected chi connectivity index (χ0v) is 15.3. The number of halogens is 3. The lowest BCUT2D eigenvalue weighted by Crippen LogP contribution is -2.44. The fraction of sp³-hybridized carbons (Fsp3) is 0.556. The highest BCUT2D eigenvalue weighted by molar-refractivity contribution is 5.92. The number of carboxylic acid groups (broad SMARTS) is 1. The van der Waals surface area contributed by atoms with Crippen LogP contribution in [0, 0.1) is 11.3 Å². The predicted molar refractivity (Wildman–Crippen MR) is 92.9 cm³/mol. The summed E-state index contributed by atoms with van der Waals surface area (Å²) >= 11 is 0. The van der Waals surface area contributed by atoms with Crippen LogP contribution in [-0.2, 0) is 11.0 Å². The first kappa shape index (κ1) is 21.8. The van der Waals surface area contributed by atoms with Crippen LogP contribution in [0.5, 0.6) is 0 Å². The number of carbonyl (C=O) groups is 2. The van der Waals surface area contributed by atoms with Crippen molar-refractivity contribution in [3.63, 3.8) is 0 Å². The molecule has 1 rings (SSSR count). The first-order valence-electron chi connectivity index (χ1n) is 8.25. The van der Waals surface area contributed by atoms with Crippen LogP contribution < -0.4 is 10.6 Å². The van der Waals surface area contributed by atoms with Crippen molar-refractivity contribution in [2.24, 2.45) is 11.3 Å². The maximum Gasteiger partial charge on any atom is 0.416 e. The van der Waals surface area contributed by atoms with Crippen molar-refractivity contribution in [2.45, 2.75) is 52.8 Å². The number of hydrogen-bond donors (Lipinski definition) is 3. The molecule has 0 saturated carbocycles. The fourth-order valence-corrected chi connectivity index (χ4v) is 2.82. The molecule has 1 aromatic rings. The third-order valence-electron chi connectivity index (χ3n) is 3.67. The summed E-state index contributed by atoms with van der Waals surface area (Å²) in [6.45, 7) is 8.05. The molecular formula is C18H25F3N2O3. The lowest BCUT2D eigenvalue weighted by Gasteiger charge is -2.25. The Morgan fingerprint density at radius 1 is 1.12 bits per heavy atom. The summed E-state index contributed by atoms with van der Waals surface area (Å²) in [5.41, 5.74) is -0.657. The summed E-state index contributed by atoms with van der Waals surface area (Å²) in [7, 11) is 0. The van der Waals surface area contributed by atoms with Crippen LogP contribution in [0.3, 0.4) is 0 Å². The molecule has 1 aromatic carbocycles. The highest BCUT2D eigenvalue weighted by atomic mass is 19.4. The first-order chi connectivity index (χ1) is 11.8. The Morgan fingerprint density at radius 2 is 1.65 bits per heavy atom. The van der Waals surface area contributed by atoms with E-state index in [0.717, 1.165) is 30.7 Å². The number of hydrogen-bond acceptors (Lipinski definition) is 2. The number of alkyl halides is 3. The SMILES string of the molecule is CC(C[C@H](NC(=O)Nc1ccc(C(F)(F)F)cc1)C(=O)O)CC(C)(C)C. The van der Waals surface area contributed by atoms with Crippen molar-refractivity contribution in [2.75, 3.05) is 5.32 Å². The predicted octanol–water partition coefficient (Wildman–Crippen LogP) is 4.74. The van der Waals surface area contributed by atoms with Crippen molar-refractivity contribution < 1.29 is 27.9 Å². The Balaban J connectivity index is 2.66. The summed E-state index contributed by atoms with van der Waals surface area (Å²) in [4.78, 5) is 23.3. The number of aliphatic carboxylic acids is 1. The van der Waals surface area contributed by atoms with Crippen LogP contribution in [0.25, 0.3) is 0 Å². The number of rotatable bonds is 6. The molecule has 0 fully saturated rings. The van der Waals surface area contributed by atoms with Gasteiger partial charge in [0.1, 0.15) is 6.04 Å². The average Bonchev–Trinajstić information content (AvgIpc) is 2.43. The molecule has 146 valence electrons. The number of amides is 2. The van der Waals surface area contributed by atoms with Gasteiger partial charge in [-0.15, -0.1) is 0 Å². The molecular weight excluding hydrogens is 349 g/mol. The number of nitrogens with one attached hydrogen (secondary N) is 2. The topological polar surface area (TPSA) is 78.4 Å². The molecule has 0 aliphatic heterocycles. The van der Waals surface area contributed by atoms with Gasteiger partial charge in [0.05, 0.1) is 5.56 Å². The Hall–Kier alpha value is -2.25. The van der Waals surface area contributed by atoms with Gasteiger partial charge in [-0.2, -0.15) is 13.2 Å². The summed E-state index contributed by atoms with van der Waals surface area (Å²) in [6, 6.07) is 2.05. The lowest BCUT2D eigenvalue weighted by atomic mass is 9.83. The van der Waals surface area contributed by atoms with Gasteiger partial charge in [0.15, 0.2) is 0 Å². The second-order valence-corrected chi connectivity index (χ2v) is 7.67. The number of carbonyl (C=O) groups excluding carboxylic acids is 1. The number of anilines is 1. The van der Waals surface area contributed by atoms with Crippen LogP contribution in [-0.4, -0.2) is 23.1 Å². The molecule has 26 heavy (non-hydrogen) atoms. The van der Waals surface area contributed by atoms with Gasteiger partial charge in [-0.25, -0.2) is 9.59 Å². The van der Waals surface area contributed by atoms with Gasteiger partial charge >= 0.3 is 18.2 Å². The minimum absolute atomic E-state index is 0.0327. The highest BCUT2D eigenvalue weighted by Crippen LogP contribution is 2.30. The van der Waals surface area contributed by atoms with E-state index in [-0.39, 0.29) is 23.4 Å². The monoisotopic (exact) mass is 374 g/mol. The molecule has 0 aliphatic carbocycles. The molecule has 2 amide bonds. The van der Waals surface area contributed by atoms with Crippen molar-refractivity contribution in [1.29, 1.82) is 0 Å². The maximum atomic E-state index is 12.5. The zero-order chi connectivity index (χ0) is 20.1. The molecule has 0 radical (unpaired) electrons. The van der Waals surface area contributed by atoms with Crippen molar-refractivity contribution in [3.8, 4) is 0 Å². The van der Waals surface area contributed by atoms with E-state index in [1.807, 2.05) is 27.7 Å². The number of urea groups is 1. The van der Waals surface area contributed by atoms with Gasteiger partial charge in [-0.05, 0) is 48.4 Å². The Labute approximate surface area is 151 Å². The van der Waals surface area contributed by atoms with E-state index in [4.69, 9.17) is 0 Å². The maximum absolute atomic E-state index is 12.5. The summed E-state index contributed by atoms with van der Waals surface area (Å²) in [6.07, 6.45) is -3.41. The van der Waals surface area contributed by atoms with E-state index < -0.39 is 29.8 Å². The molecule has 5 nitrogen and oxygen atoms in total. The van der Waals surface area contributed by atoms with E-state index in [1.54, 1.807) is 0 Å². The Morgan fingerprint density at radius 3 is 2.08 bits per heavy atom. The third-order valence-corrected chi connectivity index (χ3v) is 3.67. The third kappa shape index (κ3) is 7.76.